The van der Waals surface area contributed by atoms with Crippen molar-refractivity contribution in [2.75, 3.05) is 0 Å². The lowest BCUT2D eigenvalue weighted by Gasteiger charge is -2.33. The molecule has 0 aromatic heterocycles. The summed E-state index contributed by atoms with van der Waals surface area (Å²) in [4.78, 5) is 8.00. The van der Waals surface area contributed by atoms with E-state index in [0.717, 1.165) is 0 Å². The van der Waals surface area contributed by atoms with E-state index in [4.69, 9.17) is 4.79 Å². The number of rotatable bonds is 0. The van der Waals surface area contributed by atoms with E-state index in [1.54, 1.807) is 11.1 Å². The van der Waals surface area contributed by atoms with Crippen molar-refractivity contribution in [3.8, 4) is 0 Å². The molecule has 2 aliphatic carbocycles. The van der Waals surface area contributed by atoms with E-state index in [9.17, 15) is 0 Å². The van der Waals surface area contributed by atoms with Crippen molar-refractivity contribution in [3.05, 3.63) is 34.9 Å². The summed E-state index contributed by atoms with van der Waals surface area (Å²) in [5, 5.41) is 0. The minimum Gasteiger partial charge on any atom is -0.307 e. The van der Waals surface area contributed by atoms with Crippen LogP contribution in [0, 0.1) is 12.3 Å². The molecule has 1 aromatic rings. The summed E-state index contributed by atoms with van der Waals surface area (Å²) in [7, 11) is 0. The Morgan fingerprint density at radius 2 is 1.76 bits per heavy atom. The van der Waals surface area contributed by atoms with Gasteiger partial charge in [0.15, 0.2) is 0 Å². The van der Waals surface area contributed by atoms with E-state index in [1.807, 2.05) is 6.79 Å². The molecule has 17 heavy (non-hydrogen) atoms. The van der Waals surface area contributed by atoms with Gasteiger partial charge < -0.3 is 4.79 Å². The maximum absolute atomic E-state index is 8.00. The van der Waals surface area contributed by atoms with Crippen LogP contribution in [0.1, 0.15) is 48.8 Å². The van der Waals surface area contributed by atoms with Crippen molar-refractivity contribution >= 4 is 6.79 Å². The summed E-state index contributed by atoms with van der Waals surface area (Å²) >= 11 is 0. The highest BCUT2D eigenvalue weighted by molar-refractivity contribution is 5.40. The lowest BCUT2D eigenvalue weighted by Crippen LogP contribution is -2.24. The number of benzene rings is 1. The molecule has 0 N–H and O–H groups in total. The Labute approximate surface area is 104 Å². The predicted molar refractivity (Wildman–Crippen MR) is 71.2 cm³/mol. The van der Waals surface area contributed by atoms with Crippen LogP contribution in [0.15, 0.2) is 18.2 Å². The van der Waals surface area contributed by atoms with Gasteiger partial charge in [0, 0.05) is 0 Å². The van der Waals surface area contributed by atoms with Crippen molar-refractivity contribution in [1.29, 1.82) is 0 Å². The third-order valence-electron chi connectivity index (χ3n) is 4.54. The molecule has 1 spiro atoms. The first-order valence-electron chi connectivity index (χ1n) is 6.65. The summed E-state index contributed by atoms with van der Waals surface area (Å²) in [6.45, 7) is 4.28. The van der Waals surface area contributed by atoms with Gasteiger partial charge in [-0.2, -0.15) is 0 Å². The SMILES string of the molecule is C=O.Cc1cccc2c1CC1(CCCCC1)C2. The van der Waals surface area contributed by atoms with Crippen LogP contribution >= 0.6 is 0 Å². The third-order valence-corrected chi connectivity index (χ3v) is 4.54. The molecule has 1 heteroatoms. The molecular weight excluding hydrogens is 208 g/mol. The van der Waals surface area contributed by atoms with Crippen LogP contribution in [0.2, 0.25) is 0 Å². The first kappa shape index (κ1) is 12.3. The standard InChI is InChI=1S/C15H20.CH2O/c1-12-6-5-7-13-10-15(11-14(12)13)8-3-2-4-9-15;1-2/h5-7H,2-4,8-11H2,1H3;1H2. The van der Waals surface area contributed by atoms with Crippen LogP contribution in [-0.2, 0) is 17.6 Å². The van der Waals surface area contributed by atoms with Gasteiger partial charge in [-0.25, -0.2) is 0 Å². The van der Waals surface area contributed by atoms with Crippen molar-refractivity contribution in [1.82, 2.24) is 0 Å². The molecule has 0 atom stereocenters. The summed E-state index contributed by atoms with van der Waals surface area (Å²) in [6, 6.07) is 6.86. The fraction of sp³-hybridized carbons (Fsp3) is 0.562. The second-order valence-corrected chi connectivity index (χ2v) is 5.63. The zero-order chi connectivity index (χ0) is 12.3. The fourth-order valence-corrected chi connectivity index (χ4v) is 3.68. The molecule has 2 aliphatic rings. The molecule has 0 amide bonds. The first-order valence-corrected chi connectivity index (χ1v) is 6.65. The van der Waals surface area contributed by atoms with Crippen LogP contribution in [0.4, 0.5) is 0 Å². The van der Waals surface area contributed by atoms with Gasteiger partial charge in [0.25, 0.3) is 0 Å². The molecule has 0 radical (unpaired) electrons. The van der Waals surface area contributed by atoms with Crippen LogP contribution in [0.5, 0.6) is 0 Å². The predicted octanol–water partition coefficient (Wildman–Crippen LogP) is 3.86. The van der Waals surface area contributed by atoms with Crippen LogP contribution in [0.3, 0.4) is 0 Å². The smallest absolute Gasteiger partial charge is 0.106 e. The zero-order valence-electron chi connectivity index (χ0n) is 10.8. The Morgan fingerprint density at radius 1 is 1.06 bits per heavy atom. The Balaban J connectivity index is 0.000000514. The Hall–Kier alpha value is -1.11. The summed E-state index contributed by atoms with van der Waals surface area (Å²) in [5.41, 5.74) is 5.53. The van der Waals surface area contributed by atoms with Crippen molar-refractivity contribution in [2.45, 2.75) is 51.9 Å². The normalized spacial score (nSPS) is 20.5. The molecule has 0 heterocycles. The first-order chi connectivity index (χ1) is 8.29. The number of fused-ring (bicyclic) bond motifs is 1. The average Bonchev–Trinajstić information content (AvgIpc) is 2.72. The van der Waals surface area contributed by atoms with Crippen molar-refractivity contribution < 1.29 is 4.79 Å². The highest BCUT2D eigenvalue weighted by Gasteiger charge is 2.38. The van der Waals surface area contributed by atoms with Gasteiger partial charge in [-0.15, -0.1) is 0 Å². The quantitative estimate of drug-likeness (QED) is 0.661. The lowest BCUT2D eigenvalue weighted by molar-refractivity contribution is -0.0979. The number of carbonyl (C=O) groups excluding carboxylic acids is 1. The number of aryl methyl sites for hydroxylation is 1. The minimum absolute atomic E-state index is 0.673. The summed E-state index contributed by atoms with van der Waals surface area (Å²) in [6.07, 6.45) is 10.1. The van der Waals surface area contributed by atoms with Crippen molar-refractivity contribution in [2.24, 2.45) is 5.41 Å². The highest BCUT2D eigenvalue weighted by atomic mass is 16.1. The minimum atomic E-state index is 0.673. The van der Waals surface area contributed by atoms with Gasteiger partial charge in [-0.1, -0.05) is 37.5 Å². The van der Waals surface area contributed by atoms with Gasteiger partial charge in [-0.3, -0.25) is 0 Å². The number of hydrogen-bond donors (Lipinski definition) is 0. The van der Waals surface area contributed by atoms with Crippen LogP contribution in [0.25, 0.3) is 0 Å². The number of carbonyl (C=O) groups is 1. The number of hydrogen-bond acceptors (Lipinski definition) is 1. The van der Waals surface area contributed by atoms with Gasteiger partial charge >= 0.3 is 0 Å². The largest absolute Gasteiger partial charge is 0.307 e. The van der Waals surface area contributed by atoms with E-state index >= 15 is 0 Å². The Kier molecular flexibility index (Phi) is 3.66. The van der Waals surface area contributed by atoms with E-state index in [2.05, 4.69) is 25.1 Å². The maximum Gasteiger partial charge on any atom is 0.106 e. The lowest BCUT2D eigenvalue weighted by atomic mass is 9.72. The van der Waals surface area contributed by atoms with Gasteiger partial charge in [0.05, 0.1) is 0 Å². The Bertz CT molecular complexity index is 389. The molecule has 1 aromatic carbocycles. The molecule has 3 rings (SSSR count). The third kappa shape index (κ3) is 2.29. The van der Waals surface area contributed by atoms with Gasteiger partial charge in [0.2, 0.25) is 0 Å². The Morgan fingerprint density at radius 3 is 2.41 bits per heavy atom. The van der Waals surface area contributed by atoms with Crippen LogP contribution < -0.4 is 0 Å². The van der Waals surface area contributed by atoms with E-state index in [0.29, 0.717) is 5.41 Å². The summed E-state index contributed by atoms with van der Waals surface area (Å²) < 4.78 is 0. The zero-order valence-corrected chi connectivity index (χ0v) is 10.8. The monoisotopic (exact) mass is 230 g/mol. The van der Waals surface area contributed by atoms with E-state index in [-0.39, 0.29) is 0 Å². The molecule has 1 saturated carbocycles. The molecule has 0 bridgehead atoms. The average molecular weight is 230 g/mol. The van der Waals surface area contributed by atoms with E-state index in [1.165, 1.54) is 50.5 Å². The fourth-order valence-electron chi connectivity index (χ4n) is 3.68. The molecule has 1 nitrogen and oxygen atoms in total. The van der Waals surface area contributed by atoms with Gasteiger partial charge in [-0.05, 0) is 54.7 Å². The highest BCUT2D eigenvalue weighted by Crippen LogP contribution is 2.47. The molecular formula is C16H22O. The molecule has 92 valence electrons. The van der Waals surface area contributed by atoms with Crippen LogP contribution in [-0.4, -0.2) is 6.79 Å². The molecule has 0 aliphatic heterocycles. The maximum atomic E-state index is 8.00. The topological polar surface area (TPSA) is 17.1 Å². The molecule has 0 saturated heterocycles. The molecule has 0 unspecified atom stereocenters. The second-order valence-electron chi connectivity index (χ2n) is 5.63. The second kappa shape index (κ2) is 5.03. The van der Waals surface area contributed by atoms with Gasteiger partial charge in [0.1, 0.15) is 6.79 Å². The van der Waals surface area contributed by atoms with E-state index < -0.39 is 0 Å². The van der Waals surface area contributed by atoms with Crippen molar-refractivity contribution in [3.63, 3.8) is 0 Å². The summed E-state index contributed by atoms with van der Waals surface area (Å²) in [5.74, 6) is 0. The molecule has 1 fully saturated rings.